The van der Waals surface area contributed by atoms with Crippen LogP contribution in [0.2, 0.25) is 10.0 Å². The van der Waals surface area contributed by atoms with Gasteiger partial charge in [-0.15, -0.1) is 16.8 Å². The van der Waals surface area contributed by atoms with Gasteiger partial charge in [-0.1, -0.05) is 48.0 Å². The van der Waals surface area contributed by atoms with Crippen molar-refractivity contribution in [3.05, 3.63) is 46.7 Å². The molecule has 0 aliphatic carbocycles. The van der Waals surface area contributed by atoms with E-state index in [1.807, 2.05) is 11.5 Å². The SMILES string of the molecule is C=CCn1c(CC)nnc1SCC(=O)Nc1ccc(Cl)c(Cl)c1. The molecule has 1 aromatic heterocycles. The molecule has 0 radical (unpaired) electrons. The molecule has 0 atom stereocenters. The number of hydrogen-bond acceptors (Lipinski definition) is 4. The van der Waals surface area contributed by atoms with E-state index < -0.39 is 0 Å². The van der Waals surface area contributed by atoms with Gasteiger partial charge in [-0.25, -0.2) is 0 Å². The second kappa shape index (κ2) is 8.38. The molecule has 0 aliphatic heterocycles. The predicted molar refractivity (Wildman–Crippen MR) is 95.4 cm³/mol. The third-order valence-electron chi connectivity index (χ3n) is 2.96. The van der Waals surface area contributed by atoms with Crippen LogP contribution >= 0.6 is 35.0 Å². The molecule has 8 heteroatoms. The molecule has 122 valence electrons. The summed E-state index contributed by atoms with van der Waals surface area (Å²) < 4.78 is 1.95. The fourth-order valence-corrected chi connectivity index (χ4v) is 2.97. The zero-order valence-corrected chi connectivity index (χ0v) is 14.9. The average molecular weight is 371 g/mol. The number of amides is 1. The van der Waals surface area contributed by atoms with Gasteiger partial charge in [0, 0.05) is 18.7 Å². The van der Waals surface area contributed by atoms with Crippen molar-refractivity contribution >= 4 is 46.6 Å². The van der Waals surface area contributed by atoms with E-state index in [0.717, 1.165) is 12.2 Å². The molecule has 0 saturated heterocycles. The van der Waals surface area contributed by atoms with Crippen molar-refractivity contribution in [3.8, 4) is 0 Å². The van der Waals surface area contributed by atoms with Crippen LogP contribution in [0.3, 0.4) is 0 Å². The molecule has 1 aromatic carbocycles. The van der Waals surface area contributed by atoms with Gasteiger partial charge in [-0.3, -0.25) is 4.79 Å². The lowest BCUT2D eigenvalue weighted by Crippen LogP contribution is -2.14. The van der Waals surface area contributed by atoms with Crippen LogP contribution in [0.15, 0.2) is 36.0 Å². The summed E-state index contributed by atoms with van der Waals surface area (Å²) in [6, 6.07) is 4.95. The molecule has 0 aliphatic rings. The van der Waals surface area contributed by atoms with E-state index in [2.05, 4.69) is 22.1 Å². The number of hydrogen-bond donors (Lipinski definition) is 1. The second-order valence-electron chi connectivity index (χ2n) is 4.62. The van der Waals surface area contributed by atoms with Crippen molar-refractivity contribution in [1.29, 1.82) is 0 Å². The summed E-state index contributed by atoms with van der Waals surface area (Å²) in [4.78, 5) is 12.0. The van der Waals surface area contributed by atoms with Crippen molar-refractivity contribution in [2.45, 2.75) is 25.0 Å². The van der Waals surface area contributed by atoms with Crippen LogP contribution in [0.4, 0.5) is 5.69 Å². The first kappa shape index (κ1) is 17.8. The lowest BCUT2D eigenvalue weighted by Gasteiger charge is -2.07. The third kappa shape index (κ3) is 4.73. The molecule has 1 amide bonds. The monoisotopic (exact) mass is 370 g/mol. The Morgan fingerprint density at radius 3 is 2.83 bits per heavy atom. The van der Waals surface area contributed by atoms with Gasteiger partial charge >= 0.3 is 0 Å². The number of carbonyl (C=O) groups is 1. The fraction of sp³-hybridized carbons (Fsp3) is 0.267. The predicted octanol–water partition coefficient (Wildman–Crippen LogP) is 4.06. The average Bonchev–Trinajstić information content (AvgIpc) is 2.91. The first-order valence-electron chi connectivity index (χ1n) is 6.95. The van der Waals surface area contributed by atoms with Gasteiger partial charge in [0.1, 0.15) is 5.82 Å². The standard InChI is InChI=1S/C15H16Cl2N4OS/c1-3-7-21-13(4-2)19-20-15(21)23-9-14(22)18-10-5-6-11(16)12(17)8-10/h3,5-6,8H,1,4,7,9H2,2H3,(H,18,22). The molecule has 2 aromatic rings. The Morgan fingerprint density at radius 2 is 2.17 bits per heavy atom. The van der Waals surface area contributed by atoms with Gasteiger partial charge in [-0.2, -0.15) is 0 Å². The van der Waals surface area contributed by atoms with E-state index in [9.17, 15) is 4.79 Å². The Labute approximate surface area is 149 Å². The Balaban J connectivity index is 1.97. The lowest BCUT2D eigenvalue weighted by molar-refractivity contribution is -0.113. The maximum absolute atomic E-state index is 12.0. The van der Waals surface area contributed by atoms with Gasteiger partial charge in [0.25, 0.3) is 0 Å². The molecule has 0 unspecified atom stereocenters. The normalized spacial score (nSPS) is 10.6. The highest BCUT2D eigenvalue weighted by atomic mass is 35.5. The number of nitrogens with zero attached hydrogens (tertiary/aromatic N) is 3. The van der Waals surface area contributed by atoms with Crippen LogP contribution < -0.4 is 5.32 Å². The zero-order valence-electron chi connectivity index (χ0n) is 12.6. The van der Waals surface area contributed by atoms with Gasteiger partial charge in [0.2, 0.25) is 5.91 Å². The summed E-state index contributed by atoms with van der Waals surface area (Å²) in [6.45, 7) is 6.36. The number of rotatable bonds is 7. The molecule has 5 nitrogen and oxygen atoms in total. The summed E-state index contributed by atoms with van der Waals surface area (Å²) in [6.07, 6.45) is 2.55. The molecule has 1 N–H and O–H groups in total. The van der Waals surface area contributed by atoms with Crippen LogP contribution in [0.1, 0.15) is 12.7 Å². The maximum atomic E-state index is 12.0. The summed E-state index contributed by atoms with van der Waals surface area (Å²) >= 11 is 13.1. The van der Waals surface area contributed by atoms with Crippen molar-refractivity contribution in [1.82, 2.24) is 14.8 Å². The smallest absolute Gasteiger partial charge is 0.234 e. The molecule has 0 fully saturated rings. The minimum Gasteiger partial charge on any atom is -0.325 e. The van der Waals surface area contributed by atoms with Crippen molar-refractivity contribution in [2.75, 3.05) is 11.1 Å². The Bertz CT molecular complexity index is 717. The molecule has 0 bridgehead atoms. The van der Waals surface area contributed by atoms with Crippen LogP contribution in [0.5, 0.6) is 0 Å². The van der Waals surface area contributed by atoms with Crippen LogP contribution in [0, 0.1) is 0 Å². The summed E-state index contributed by atoms with van der Waals surface area (Å²) in [5.74, 6) is 0.941. The first-order chi connectivity index (χ1) is 11.0. The van der Waals surface area contributed by atoms with Gasteiger partial charge in [-0.05, 0) is 18.2 Å². The largest absolute Gasteiger partial charge is 0.325 e. The van der Waals surface area contributed by atoms with E-state index >= 15 is 0 Å². The number of thioether (sulfide) groups is 1. The number of anilines is 1. The van der Waals surface area contributed by atoms with Crippen LogP contribution in [0.25, 0.3) is 0 Å². The summed E-state index contributed by atoms with van der Waals surface area (Å²) in [5.41, 5.74) is 0.604. The zero-order chi connectivity index (χ0) is 16.8. The number of carbonyl (C=O) groups excluding carboxylic acids is 1. The highest BCUT2D eigenvalue weighted by Gasteiger charge is 2.12. The Hall–Kier alpha value is -1.50. The highest BCUT2D eigenvalue weighted by Crippen LogP contribution is 2.25. The Kier molecular flexibility index (Phi) is 6.50. The Morgan fingerprint density at radius 1 is 1.39 bits per heavy atom. The number of halogens is 2. The first-order valence-corrected chi connectivity index (χ1v) is 8.70. The van der Waals surface area contributed by atoms with E-state index in [-0.39, 0.29) is 11.7 Å². The molecular weight excluding hydrogens is 355 g/mol. The molecular formula is C15H16Cl2N4OS. The van der Waals surface area contributed by atoms with Crippen molar-refractivity contribution in [3.63, 3.8) is 0 Å². The minimum absolute atomic E-state index is 0.153. The van der Waals surface area contributed by atoms with Gasteiger partial charge < -0.3 is 9.88 Å². The highest BCUT2D eigenvalue weighted by molar-refractivity contribution is 7.99. The number of benzene rings is 1. The van der Waals surface area contributed by atoms with Crippen LogP contribution in [-0.4, -0.2) is 26.4 Å². The lowest BCUT2D eigenvalue weighted by atomic mass is 10.3. The molecule has 2 rings (SSSR count). The number of aryl methyl sites for hydroxylation is 1. The topological polar surface area (TPSA) is 59.8 Å². The number of nitrogens with one attached hydrogen (secondary N) is 1. The number of aromatic nitrogens is 3. The van der Waals surface area contributed by atoms with E-state index in [4.69, 9.17) is 23.2 Å². The minimum atomic E-state index is -0.153. The third-order valence-corrected chi connectivity index (χ3v) is 4.66. The molecule has 0 spiro atoms. The van der Waals surface area contributed by atoms with Crippen LogP contribution in [-0.2, 0) is 17.8 Å². The van der Waals surface area contributed by atoms with Crippen molar-refractivity contribution < 1.29 is 4.79 Å². The van der Waals surface area contributed by atoms with Crippen molar-refractivity contribution in [2.24, 2.45) is 0 Å². The quantitative estimate of drug-likeness (QED) is 0.589. The summed E-state index contributed by atoms with van der Waals surface area (Å²) in [5, 5.41) is 12.6. The molecule has 0 saturated carbocycles. The van der Waals surface area contributed by atoms with Gasteiger partial charge in [0.15, 0.2) is 5.16 Å². The van der Waals surface area contributed by atoms with E-state index in [1.165, 1.54) is 11.8 Å². The fourth-order valence-electron chi connectivity index (χ4n) is 1.90. The molecule has 23 heavy (non-hydrogen) atoms. The van der Waals surface area contributed by atoms with E-state index in [0.29, 0.717) is 27.4 Å². The van der Waals surface area contributed by atoms with Gasteiger partial charge in [0.05, 0.1) is 15.8 Å². The maximum Gasteiger partial charge on any atom is 0.234 e. The molecule has 1 heterocycles. The second-order valence-corrected chi connectivity index (χ2v) is 6.37. The number of allylic oxidation sites excluding steroid dienone is 1. The summed E-state index contributed by atoms with van der Waals surface area (Å²) in [7, 11) is 0. The van der Waals surface area contributed by atoms with E-state index in [1.54, 1.807) is 24.3 Å².